The molecule has 46 heavy (non-hydrogen) atoms. The van der Waals surface area contributed by atoms with Gasteiger partial charge in [0.05, 0.1) is 27.8 Å². The lowest BCUT2D eigenvalue weighted by Gasteiger charge is -2.19. The number of fused-ring (bicyclic) bond motifs is 7. The number of para-hydroxylation sites is 4. The van der Waals surface area contributed by atoms with Crippen LogP contribution in [0.1, 0.15) is 0 Å². The van der Waals surface area contributed by atoms with Gasteiger partial charge in [0.1, 0.15) is 0 Å². The molecule has 0 amide bonds. The summed E-state index contributed by atoms with van der Waals surface area (Å²) in [5.74, 6) is 0.924. The molecule has 0 fully saturated rings. The lowest BCUT2D eigenvalue weighted by molar-refractivity contribution is 0.603. The quantitative estimate of drug-likeness (QED) is 0.201. The van der Waals surface area contributed by atoms with Gasteiger partial charge in [0.25, 0.3) is 0 Å². The van der Waals surface area contributed by atoms with Crippen LogP contribution in [0, 0.1) is 0 Å². The molecule has 6 aromatic carbocycles. The van der Waals surface area contributed by atoms with Crippen molar-refractivity contribution in [2.75, 3.05) is 0 Å². The highest BCUT2D eigenvalue weighted by molar-refractivity contribution is 6.10. The van der Waals surface area contributed by atoms with Crippen molar-refractivity contribution in [1.82, 2.24) is 23.4 Å². The molecule has 5 heteroatoms. The largest absolute Gasteiger partial charge is 0.309 e. The third kappa shape index (κ3) is 3.54. The standard InChI is InChI=1S/C41H27N5/c1-2-11-30(12-3-1)45-39-18-9-6-15-34(39)35-25-22-29(27-40(35)45)36-19-10-26-43-42-41(46(36)43)28-20-23-31(24-21-28)44-37-16-7-4-13-32(37)33-14-5-8-17-38(33)44/h1-27H. The Morgan fingerprint density at radius 2 is 0.913 bits per heavy atom. The molecular weight excluding hydrogens is 562 g/mol. The Morgan fingerprint density at radius 3 is 1.57 bits per heavy atom. The molecule has 0 bridgehead atoms. The number of nitrogens with zero attached hydrogens (tertiary/aromatic N) is 5. The summed E-state index contributed by atoms with van der Waals surface area (Å²) in [6.45, 7) is 0. The van der Waals surface area contributed by atoms with E-state index >= 15 is 0 Å². The van der Waals surface area contributed by atoms with Crippen LogP contribution in [-0.4, -0.2) is 23.4 Å². The second-order valence-electron chi connectivity index (χ2n) is 11.8. The number of benzene rings is 6. The zero-order valence-electron chi connectivity index (χ0n) is 24.8. The van der Waals surface area contributed by atoms with Crippen LogP contribution in [0.15, 0.2) is 164 Å². The summed E-state index contributed by atoms with van der Waals surface area (Å²) in [4.78, 5) is 0. The van der Waals surface area contributed by atoms with Gasteiger partial charge >= 0.3 is 0 Å². The second-order valence-corrected chi connectivity index (χ2v) is 11.8. The predicted molar refractivity (Wildman–Crippen MR) is 188 cm³/mol. The van der Waals surface area contributed by atoms with Gasteiger partial charge in [-0.25, -0.2) is 4.52 Å². The molecular formula is C41H27N5. The molecule has 4 heterocycles. The minimum absolute atomic E-state index is 0.924. The normalized spacial score (nSPS) is 11.9. The molecule has 0 atom stereocenters. The molecule has 10 rings (SSSR count). The lowest BCUT2D eigenvalue weighted by atomic mass is 10.1. The van der Waals surface area contributed by atoms with Crippen molar-refractivity contribution < 1.29 is 0 Å². The molecule has 0 radical (unpaired) electrons. The predicted octanol–water partition coefficient (Wildman–Crippen LogP) is 9.96. The maximum Gasteiger partial charge on any atom is 0.183 e. The SMILES string of the molecule is c1ccc(-n2c3ccccc3c3ccc(-c4cccn5nc(-c6ccc(-n7c8ccccc8c8ccccc87)cc6)n45)cc32)cc1. The van der Waals surface area contributed by atoms with Gasteiger partial charge in [0, 0.05) is 50.2 Å². The van der Waals surface area contributed by atoms with E-state index in [-0.39, 0.29) is 0 Å². The maximum absolute atomic E-state index is 4.88. The molecule has 0 spiro atoms. The number of aromatic nitrogens is 5. The van der Waals surface area contributed by atoms with Gasteiger partial charge in [-0.05, 0) is 72.8 Å². The minimum Gasteiger partial charge on any atom is -0.309 e. The van der Waals surface area contributed by atoms with Crippen LogP contribution < -0.4 is 0 Å². The molecule has 216 valence electrons. The van der Waals surface area contributed by atoms with Crippen molar-refractivity contribution >= 4 is 43.6 Å². The molecule has 0 N–H and O–H groups in total. The maximum atomic E-state index is 4.88. The second kappa shape index (κ2) is 9.58. The molecule has 4 aromatic heterocycles. The Labute approximate surface area is 264 Å². The third-order valence-corrected chi connectivity index (χ3v) is 9.25. The number of hydrogen-bond acceptors (Lipinski definition) is 1. The fourth-order valence-electron chi connectivity index (χ4n) is 7.19. The van der Waals surface area contributed by atoms with Gasteiger partial charge in [-0.1, -0.05) is 84.9 Å². The molecule has 0 saturated heterocycles. The minimum atomic E-state index is 0.924. The zero-order valence-corrected chi connectivity index (χ0v) is 24.8. The van der Waals surface area contributed by atoms with Crippen molar-refractivity contribution in [3.05, 3.63) is 164 Å². The van der Waals surface area contributed by atoms with Gasteiger partial charge < -0.3 is 9.13 Å². The van der Waals surface area contributed by atoms with Crippen molar-refractivity contribution in [2.24, 2.45) is 0 Å². The first-order valence-corrected chi connectivity index (χ1v) is 15.6. The fourth-order valence-corrected chi connectivity index (χ4v) is 7.19. The number of rotatable bonds is 4. The van der Waals surface area contributed by atoms with Crippen LogP contribution in [-0.2, 0) is 0 Å². The molecule has 0 aliphatic rings. The highest BCUT2D eigenvalue weighted by Crippen LogP contribution is 2.36. The lowest BCUT2D eigenvalue weighted by Crippen LogP contribution is -2.18. The van der Waals surface area contributed by atoms with E-state index in [4.69, 9.17) is 5.10 Å². The first-order valence-electron chi connectivity index (χ1n) is 15.6. The van der Waals surface area contributed by atoms with E-state index < -0.39 is 0 Å². The zero-order chi connectivity index (χ0) is 30.2. The molecule has 0 aliphatic heterocycles. The summed E-state index contributed by atoms with van der Waals surface area (Å²) in [5.41, 5.74) is 10.4. The highest BCUT2D eigenvalue weighted by atomic mass is 15.5. The summed E-state index contributed by atoms with van der Waals surface area (Å²) in [6.07, 6.45) is 2.00. The number of hydrogen-bond donors (Lipinski definition) is 0. The Morgan fingerprint density at radius 1 is 0.391 bits per heavy atom. The fraction of sp³-hybridized carbons (Fsp3) is 0. The summed E-state index contributed by atoms with van der Waals surface area (Å²) < 4.78 is 8.83. The average Bonchev–Trinajstić information content (AvgIpc) is 3.62. The molecule has 10 aromatic rings. The smallest absolute Gasteiger partial charge is 0.183 e. The topological polar surface area (TPSA) is 31.6 Å². The first kappa shape index (κ1) is 25.0. The van der Waals surface area contributed by atoms with Crippen LogP contribution in [0.3, 0.4) is 0 Å². The molecule has 0 unspecified atom stereocenters. The van der Waals surface area contributed by atoms with E-state index in [0.717, 1.165) is 34.0 Å². The van der Waals surface area contributed by atoms with E-state index in [9.17, 15) is 0 Å². The van der Waals surface area contributed by atoms with Gasteiger partial charge in [0.2, 0.25) is 0 Å². The van der Waals surface area contributed by atoms with E-state index in [1.54, 1.807) is 0 Å². The van der Waals surface area contributed by atoms with Crippen molar-refractivity contribution in [1.29, 1.82) is 0 Å². The Bertz CT molecular complexity index is 2680. The van der Waals surface area contributed by atoms with Gasteiger partial charge in [0.15, 0.2) is 5.82 Å². The first-order chi connectivity index (χ1) is 22.8. The Kier molecular flexibility index (Phi) is 5.22. The summed E-state index contributed by atoms with van der Waals surface area (Å²) in [6, 6.07) is 56.3. The summed E-state index contributed by atoms with van der Waals surface area (Å²) in [5, 5.41) is 9.90. The van der Waals surface area contributed by atoms with Crippen molar-refractivity contribution in [3.63, 3.8) is 0 Å². The highest BCUT2D eigenvalue weighted by Gasteiger charge is 2.18. The van der Waals surface area contributed by atoms with Gasteiger partial charge in [-0.2, -0.15) is 4.63 Å². The Hall–Kier alpha value is -6.33. The van der Waals surface area contributed by atoms with E-state index in [2.05, 4.69) is 171 Å². The third-order valence-electron chi connectivity index (χ3n) is 9.25. The van der Waals surface area contributed by atoms with Crippen LogP contribution in [0.25, 0.3) is 77.6 Å². The Balaban J connectivity index is 1.11. The van der Waals surface area contributed by atoms with Crippen molar-refractivity contribution in [2.45, 2.75) is 0 Å². The van der Waals surface area contributed by atoms with Crippen LogP contribution in [0.4, 0.5) is 0 Å². The summed E-state index contributed by atoms with van der Waals surface area (Å²) >= 11 is 0. The average molecular weight is 590 g/mol. The van der Waals surface area contributed by atoms with E-state index in [1.807, 2.05) is 10.8 Å². The molecule has 0 saturated carbocycles. The van der Waals surface area contributed by atoms with Crippen LogP contribution in [0.2, 0.25) is 0 Å². The monoisotopic (exact) mass is 589 g/mol. The van der Waals surface area contributed by atoms with Crippen LogP contribution in [0.5, 0.6) is 0 Å². The van der Waals surface area contributed by atoms with Crippen LogP contribution >= 0.6 is 0 Å². The van der Waals surface area contributed by atoms with Gasteiger partial charge in [-0.3, -0.25) is 0 Å². The van der Waals surface area contributed by atoms with Crippen molar-refractivity contribution in [3.8, 4) is 34.0 Å². The molecule has 0 aliphatic carbocycles. The van der Waals surface area contributed by atoms with E-state index in [1.165, 1.54) is 43.6 Å². The van der Waals surface area contributed by atoms with E-state index in [0.29, 0.717) is 0 Å². The van der Waals surface area contributed by atoms with Gasteiger partial charge in [-0.15, -0.1) is 5.10 Å². The summed E-state index contributed by atoms with van der Waals surface area (Å²) in [7, 11) is 0. The molecule has 5 nitrogen and oxygen atoms in total.